The minimum absolute atomic E-state index is 0.0694. The van der Waals surface area contributed by atoms with Crippen molar-refractivity contribution in [3.63, 3.8) is 0 Å². The third-order valence-corrected chi connectivity index (χ3v) is 2.28. The summed E-state index contributed by atoms with van der Waals surface area (Å²) in [4.78, 5) is 15.7. The van der Waals surface area contributed by atoms with Crippen molar-refractivity contribution in [2.75, 3.05) is 0 Å². The second kappa shape index (κ2) is 4.65. The van der Waals surface area contributed by atoms with Crippen LogP contribution in [0.5, 0.6) is 0 Å². The van der Waals surface area contributed by atoms with Gasteiger partial charge < -0.3 is 10.5 Å². The number of nitrogens with two attached hydrogens (primary N) is 1. The fraction of sp³-hybridized carbons (Fsp3) is 0.636. The van der Waals surface area contributed by atoms with Crippen LogP contribution in [0.2, 0.25) is 0 Å². The molecule has 6 nitrogen and oxygen atoms in total. The lowest BCUT2D eigenvalue weighted by molar-refractivity contribution is 0.0390. The Morgan fingerprint density at radius 1 is 1.65 bits per heavy atom. The SMILES string of the molecule is C=CC1N=C(N)N(NC(=O)OC(C)(C)C)C1C. The smallest absolute Gasteiger partial charge is 0.426 e. The maximum absolute atomic E-state index is 11.6. The molecule has 0 radical (unpaired) electrons. The van der Waals surface area contributed by atoms with Crippen molar-refractivity contribution < 1.29 is 9.53 Å². The van der Waals surface area contributed by atoms with E-state index in [0.717, 1.165) is 0 Å². The molecule has 17 heavy (non-hydrogen) atoms. The highest BCUT2D eigenvalue weighted by atomic mass is 16.6. The van der Waals surface area contributed by atoms with E-state index < -0.39 is 11.7 Å². The van der Waals surface area contributed by atoms with E-state index in [-0.39, 0.29) is 18.0 Å². The van der Waals surface area contributed by atoms with Crippen LogP contribution in [-0.2, 0) is 4.74 Å². The maximum Gasteiger partial charge on any atom is 0.426 e. The van der Waals surface area contributed by atoms with Crippen LogP contribution in [0.25, 0.3) is 0 Å². The second-order valence-electron chi connectivity index (χ2n) is 4.94. The number of hydrazine groups is 1. The average Bonchev–Trinajstić information content (AvgIpc) is 2.42. The first kappa shape index (κ1) is 13.3. The number of amides is 1. The van der Waals surface area contributed by atoms with E-state index in [4.69, 9.17) is 10.5 Å². The number of ether oxygens (including phenoxy) is 1. The normalized spacial score (nSPS) is 24.2. The number of guanidine groups is 1. The van der Waals surface area contributed by atoms with Crippen molar-refractivity contribution in [3.05, 3.63) is 12.7 Å². The Morgan fingerprint density at radius 3 is 2.65 bits per heavy atom. The predicted molar refractivity (Wildman–Crippen MR) is 66.3 cm³/mol. The van der Waals surface area contributed by atoms with Gasteiger partial charge in [-0.1, -0.05) is 6.08 Å². The molecule has 0 saturated heterocycles. The number of aliphatic imine (C=N–C) groups is 1. The molecule has 2 atom stereocenters. The van der Waals surface area contributed by atoms with E-state index >= 15 is 0 Å². The topological polar surface area (TPSA) is 80.0 Å². The van der Waals surface area contributed by atoms with Gasteiger partial charge in [0.25, 0.3) is 0 Å². The lowest BCUT2D eigenvalue weighted by Crippen LogP contribution is -2.53. The molecule has 0 spiro atoms. The molecule has 1 aliphatic rings. The van der Waals surface area contributed by atoms with E-state index in [2.05, 4.69) is 17.0 Å². The van der Waals surface area contributed by atoms with Crippen LogP contribution in [-0.4, -0.2) is 34.7 Å². The molecule has 0 aliphatic carbocycles. The Bertz CT molecular complexity index is 346. The minimum atomic E-state index is -0.549. The summed E-state index contributed by atoms with van der Waals surface area (Å²) in [7, 11) is 0. The van der Waals surface area contributed by atoms with Crippen molar-refractivity contribution in [2.45, 2.75) is 45.4 Å². The highest BCUT2D eigenvalue weighted by Crippen LogP contribution is 2.15. The maximum atomic E-state index is 11.6. The van der Waals surface area contributed by atoms with Gasteiger partial charge in [-0.2, -0.15) is 0 Å². The Balaban J connectivity index is 2.61. The Morgan fingerprint density at radius 2 is 2.24 bits per heavy atom. The van der Waals surface area contributed by atoms with Crippen LogP contribution in [0.1, 0.15) is 27.7 Å². The van der Waals surface area contributed by atoms with E-state index in [0.29, 0.717) is 0 Å². The summed E-state index contributed by atoms with van der Waals surface area (Å²) in [6.07, 6.45) is 1.14. The zero-order valence-electron chi connectivity index (χ0n) is 10.7. The third kappa shape index (κ3) is 3.37. The van der Waals surface area contributed by atoms with Crippen molar-refractivity contribution in [1.82, 2.24) is 10.4 Å². The molecule has 0 fully saturated rings. The molecule has 96 valence electrons. The molecule has 3 N–H and O–H groups in total. The van der Waals surface area contributed by atoms with Gasteiger partial charge in [0, 0.05) is 0 Å². The van der Waals surface area contributed by atoms with Gasteiger partial charge in [0.1, 0.15) is 5.60 Å². The zero-order valence-corrected chi connectivity index (χ0v) is 10.7. The Hall–Kier alpha value is -1.72. The largest absolute Gasteiger partial charge is 0.443 e. The summed E-state index contributed by atoms with van der Waals surface area (Å²) >= 11 is 0. The van der Waals surface area contributed by atoms with Crippen molar-refractivity contribution in [3.8, 4) is 0 Å². The summed E-state index contributed by atoms with van der Waals surface area (Å²) in [5.74, 6) is 0.258. The first-order valence-corrected chi connectivity index (χ1v) is 5.49. The standard InChI is InChI=1S/C11H20N4O2/c1-6-8-7(2)15(9(12)13-8)14-10(16)17-11(3,4)5/h6-8H,1H2,2-5H3,(H2,12,13)(H,14,16). The van der Waals surface area contributed by atoms with Gasteiger partial charge in [-0.25, -0.2) is 20.2 Å². The molecule has 0 saturated carbocycles. The fourth-order valence-corrected chi connectivity index (χ4v) is 1.49. The molecule has 0 bridgehead atoms. The van der Waals surface area contributed by atoms with Gasteiger partial charge >= 0.3 is 6.09 Å². The van der Waals surface area contributed by atoms with Crippen LogP contribution in [0.15, 0.2) is 17.6 Å². The lowest BCUT2D eigenvalue weighted by Gasteiger charge is -2.27. The van der Waals surface area contributed by atoms with Gasteiger partial charge in [0.15, 0.2) is 0 Å². The molecular weight excluding hydrogens is 220 g/mol. The summed E-state index contributed by atoms with van der Waals surface area (Å²) < 4.78 is 5.14. The van der Waals surface area contributed by atoms with Crippen molar-refractivity contribution in [1.29, 1.82) is 0 Å². The first-order chi connectivity index (χ1) is 7.74. The van der Waals surface area contributed by atoms with E-state index in [9.17, 15) is 4.79 Å². The molecule has 6 heteroatoms. The van der Waals surface area contributed by atoms with Crippen LogP contribution in [0.4, 0.5) is 4.79 Å². The number of carbonyl (C=O) groups is 1. The van der Waals surface area contributed by atoms with E-state index in [1.165, 1.54) is 5.01 Å². The second-order valence-corrected chi connectivity index (χ2v) is 4.94. The van der Waals surface area contributed by atoms with Crippen LogP contribution in [0, 0.1) is 0 Å². The molecule has 0 aromatic carbocycles. The van der Waals surface area contributed by atoms with Crippen LogP contribution >= 0.6 is 0 Å². The Kier molecular flexibility index (Phi) is 3.65. The van der Waals surface area contributed by atoms with Gasteiger partial charge in [-0.05, 0) is 27.7 Å². The predicted octanol–water partition coefficient (Wildman–Crippen LogP) is 0.999. The molecule has 0 aromatic rings. The monoisotopic (exact) mass is 240 g/mol. The Labute approximate surface area is 101 Å². The van der Waals surface area contributed by atoms with Crippen LogP contribution in [0.3, 0.4) is 0 Å². The molecule has 2 unspecified atom stereocenters. The molecule has 1 aliphatic heterocycles. The molecule has 0 aromatic heterocycles. The number of hydrogen-bond acceptors (Lipinski definition) is 5. The average molecular weight is 240 g/mol. The minimum Gasteiger partial charge on any atom is -0.443 e. The van der Waals surface area contributed by atoms with Crippen LogP contribution < -0.4 is 11.2 Å². The fourth-order valence-electron chi connectivity index (χ4n) is 1.49. The number of nitrogens with one attached hydrogen (secondary N) is 1. The first-order valence-electron chi connectivity index (χ1n) is 5.49. The number of rotatable bonds is 2. The summed E-state index contributed by atoms with van der Waals surface area (Å²) in [6.45, 7) is 11.0. The van der Waals surface area contributed by atoms with Crippen molar-refractivity contribution >= 4 is 12.1 Å². The summed E-state index contributed by atoms with van der Waals surface area (Å²) in [5, 5.41) is 1.49. The molecule has 1 amide bonds. The molecular formula is C11H20N4O2. The number of nitrogens with zero attached hydrogens (tertiary/aromatic N) is 2. The highest BCUT2D eigenvalue weighted by molar-refractivity contribution is 5.83. The van der Waals surface area contributed by atoms with E-state index in [1.807, 2.05) is 6.92 Å². The van der Waals surface area contributed by atoms with Gasteiger partial charge in [-0.3, -0.25) is 0 Å². The number of hydrogen-bond donors (Lipinski definition) is 2. The van der Waals surface area contributed by atoms with E-state index in [1.54, 1.807) is 26.8 Å². The van der Waals surface area contributed by atoms with Gasteiger partial charge in [0.2, 0.25) is 5.96 Å². The highest BCUT2D eigenvalue weighted by Gasteiger charge is 2.32. The lowest BCUT2D eigenvalue weighted by atomic mass is 10.2. The quantitative estimate of drug-likeness (QED) is 0.706. The third-order valence-electron chi connectivity index (χ3n) is 2.28. The molecule has 1 heterocycles. The van der Waals surface area contributed by atoms with Gasteiger partial charge in [0.05, 0.1) is 12.1 Å². The molecule has 1 rings (SSSR count). The zero-order chi connectivity index (χ0) is 13.2. The van der Waals surface area contributed by atoms with Crippen molar-refractivity contribution in [2.24, 2.45) is 10.7 Å². The van der Waals surface area contributed by atoms with Gasteiger partial charge in [-0.15, -0.1) is 6.58 Å². The number of carbonyl (C=O) groups excluding carboxylic acids is 1. The summed E-state index contributed by atoms with van der Waals surface area (Å²) in [6, 6.07) is -0.190. The summed E-state index contributed by atoms with van der Waals surface area (Å²) in [5.41, 5.74) is 7.73.